The van der Waals surface area contributed by atoms with Crippen LogP contribution in [0.15, 0.2) is 102 Å². The lowest BCUT2D eigenvalue weighted by atomic mass is 10.00. The summed E-state index contributed by atoms with van der Waals surface area (Å²) < 4.78 is 29.7. The van der Waals surface area contributed by atoms with Gasteiger partial charge in [-0.3, -0.25) is 13.9 Å². The van der Waals surface area contributed by atoms with Crippen LogP contribution >= 0.6 is 11.6 Å². The van der Waals surface area contributed by atoms with Crippen molar-refractivity contribution in [1.29, 1.82) is 0 Å². The van der Waals surface area contributed by atoms with Gasteiger partial charge in [-0.2, -0.15) is 0 Å². The van der Waals surface area contributed by atoms with E-state index in [0.29, 0.717) is 10.6 Å². The Bertz CT molecular complexity index is 1790. The van der Waals surface area contributed by atoms with Gasteiger partial charge in [0.05, 0.1) is 10.6 Å². The van der Waals surface area contributed by atoms with Gasteiger partial charge in [-0.25, -0.2) is 8.42 Å². The lowest BCUT2D eigenvalue weighted by Crippen LogP contribution is -2.56. The molecule has 0 aliphatic rings. The highest BCUT2D eigenvalue weighted by atomic mass is 35.5. The van der Waals surface area contributed by atoms with Crippen molar-refractivity contribution in [1.82, 2.24) is 10.2 Å². The number of carbonyl (C=O) groups is 2. The molecule has 9 heteroatoms. The fourth-order valence-electron chi connectivity index (χ4n) is 5.18. The molecule has 2 amide bonds. The number of rotatable bonds is 11. The zero-order chi connectivity index (χ0) is 33.6. The Morgan fingerprint density at radius 3 is 2.09 bits per heavy atom. The van der Waals surface area contributed by atoms with Gasteiger partial charge >= 0.3 is 0 Å². The molecule has 4 aromatic rings. The molecule has 0 heterocycles. The topological polar surface area (TPSA) is 86.8 Å². The van der Waals surface area contributed by atoms with Crippen molar-refractivity contribution in [2.75, 3.05) is 10.8 Å². The Hall–Kier alpha value is -4.14. The van der Waals surface area contributed by atoms with Gasteiger partial charge in [-0.05, 0) is 88.1 Å². The summed E-state index contributed by atoms with van der Waals surface area (Å²) >= 11 is 6.38. The summed E-state index contributed by atoms with van der Waals surface area (Å²) in [4.78, 5) is 30.3. The number of hydrogen-bond acceptors (Lipinski definition) is 4. The normalized spacial score (nSPS) is 12.3. The molecule has 0 bridgehead atoms. The molecule has 242 valence electrons. The van der Waals surface area contributed by atoms with Crippen LogP contribution in [0.3, 0.4) is 0 Å². The molecule has 0 saturated heterocycles. The number of amides is 2. The SMILES string of the molecule is Cc1ccc(S(=O)(=O)N(CC(=O)N(Cc2ccccc2C)[C@H](Cc2ccccc2)C(=O)NC(C)(C)C)c2cc(Cl)ccc2C)cc1. The minimum atomic E-state index is -4.23. The summed E-state index contributed by atoms with van der Waals surface area (Å²) in [6.07, 6.45) is 0.237. The van der Waals surface area contributed by atoms with Crippen molar-refractivity contribution < 1.29 is 18.0 Å². The third kappa shape index (κ3) is 8.77. The molecule has 7 nitrogen and oxygen atoms in total. The first-order chi connectivity index (χ1) is 21.7. The second kappa shape index (κ2) is 14.5. The maximum Gasteiger partial charge on any atom is 0.264 e. The van der Waals surface area contributed by atoms with Gasteiger partial charge in [0.1, 0.15) is 12.6 Å². The number of nitrogens with zero attached hydrogens (tertiary/aromatic N) is 2. The van der Waals surface area contributed by atoms with Crippen LogP contribution in [0.4, 0.5) is 5.69 Å². The highest BCUT2D eigenvalue weighted by Gasteiger charge is 2.36. The van der Waals surface area contributed by atoms with Crippen LogP contribution in [0.1, 0.15) is 48.6 Å². The molecular formula is C37H42ClN3O4S. The fourth-order valence-corrected chi connectivity index (χ4v) is 6.82. The molecular weight excluding hydrogens is 618 g/mol. The monoisotopic (exact) mass is 659 g/mol. The summed E-state index contributed by atoms with van der Waals surface area (Å²) in [5, 5.41) is 3.39. The average Bonchev–Trinajstić information content (AvgIpc) is 2.99. The second-order valence-corrected chi connectivity index (χ2v) is 14.9. The van der Waals surface area contributed by atoms with Gasteiger partial charge in [-0.15, -0.1) is 0 Å². The van der Waals surface area contributed by atoms with E-state index in [1.165, 1.54) is 17.0 Å². The second-order valence-electron chi connectivity index (χ2n) is 12.6. The predicted molar refractivity (Wildman–Crippen MR) is 185 cm³/mol. The van der Waals surface area contributed by atoms with E-state index in [2.05, 4.69) is 5.32 Å². The summed E-state index contributed by atoms with van der Waals surface area (Å²) in [5.74, 6) is -0.853. The molecule has 0 aliphatic carbocycles. The van der Waals surface area contributed by atoms with E-state index < -0.39 is 34.1 Å². The van der Waals surface area contributed by atoms with Crippen LogP contribution in [0, 0.1) is 20.8 Å². The number of halogens is 1. The van der Waals surface area contributed by atoms with Crippen molar-refractivity contribution in [3.63, 3.8) is 0 Å². The highest BCUT2D eigenvalue weighted by molar-refractivity contribution is 7.92. The highest BCUT2D eigenvalue weighted by Crippen LogP contribution is 2.30. The summed E-state index contributed by atoms with van der Waals surface area (Å²) in [5.41, 5.74) is 3.92. The number of sulfonamides is 1. The lowest BCUT2D eigenvalue weighted by molar-refractivity contribution is -0.140. The predicted octanol–water partition coefficient (Wildman–Crippen LogP) is 7.02. The van der Waals surface area contributed by atoms with Crippen LogP contribution in [0.25, 0.3) is 0 Å². The van der Waals surface area contributed by atoms with Crippen molar-refractivity contribution >= 4 is 39.1 Å². The van der Waals surface area contributed by atoms with Crippen LogP contribution in [-0.2, 0) is 32.6 Å². The van der Waals surface area contributed by atoms with Gasteiger partial charge in [0, 0.05) is 23.5 Å². The minimum absolute atomic E-state index is 0.0436. The number of hydrogen-bond donors (Lipinski definition) is 1. The van der Waals surface area contributed by atoms with E-state index in [-0.39, 0.29) is 29.5 Å². The first kappa shape index (κ1) is 34.7. The van der Waals surface area contributed by atoms with E-state index >= 15 is 0 Å². The number of aryl methyl sites for hydroxylation is 3. The molecule has 4 rings (SSSR count). The molecule has 0 fully saturated rings. The molecule has 1 atom stereocenters. The van der Waals surface area contributed by atoms with E-state index in [9.17, 15) is 18.0 Å². The summed E-state index contributed by atoms with van der Waals surface area (Å²) in [7, 11) is -4.23. The summed E-state index contributed by atoms with van der Waals surface area (Å²) in [6, 6.07) is 27.7. The Morgan fingerprint density at radius 2 is 1.46 bits per heavy atom. The zero-order valence-corrected chi connectivity index (χ0v) is 28.8. The number of carbonyl (C=O) groups excluding carboxylic acids is 2. The van der Waals surface area contributed by atoms with Gasteiger partial charge < -0.3 is 10.2 Å². The molecule has 4 aromatic carbocycles. The first-order valence-electron chi connectivity index (χ1n) is 15.2. The summed E-state index contributed by atoms with van der Waals surface area (Å²) in [6.45, 7) is 10.8. The van der Waals surface area contributed by atoms with Gasteiger partial charge in [0.2, 0.25) is 11.8 Å². The Labute approximate surface area is 278 Å². The Morgan fingerprint density at radius 1 is 0.826 bits per heavy atom. The van der Waals surface area contributed by atoms with Crippen molar-refractivity contribution in [2.24, 2.45) is 0 Å². The number of benzene rings is 4. The fraction of sp³-hybridized carbons (Fsp3) is 0.297. The zero-order valence-electron chi connectivity index (χ0n) is 27.2. The maximum absolute atomic E-state index is 14.7. The van der Waals surface area contributed by atoms with Gasteiger partial charge in [-0.1, -0.05) is 90.0 Å². The standard InChI is InChI=1S/C37H42ClN3O4S/c1-26-16-20-32(21-17-26)46(44,45)41(33-23-31(38)19-18-28(33)3)25-35(42)40(24-30-15-11-10-12-27(30)2)34(36(43)39-37(4,5)6)22-29-13-8-7-9-14-29/h7-21,23,34H,22,24-25H2,1-6H3,(H,39,43)/t34-/m1/s1. The molecule has 0 aliphatic heterocycles. The Kier molecular flexibility index (Phi) is 11.0. The van der Waals surface area contributed by atoms with Crippen molar-refractivity contribution in [2.45, 2.75) is 71.0 Å². The van der Waals surface area contributed by atoms with Crippen LogP contribution in [0.2, 0.25) is 5.02 Å². The van der Waals surface area contributed by atoms with Crippen LogP contribution < -0.4 is 9.62 Å². The van der Waals surface area contributed by atoms with E-state index in [1.54, 1.807) is 37.3 Å². The van der Waals surface area contributed by atoms with Crippen molar-refractivity contribution in [3.8, 4) is 0 Å². The van der Waals surface area contributed by atoms with Crippen molar-refractivity contribution in [3.05, 3.63) is 130 Å². The lowest BCUT2D eigenvalue weighted by Gasteiger charge is -2.36. The largest absolute Gasteiger partial charge is 0.350 e. The molecule has 0 aromatic heterocycles. The minimum Gasteiger partial charge on any atom is -0.350 e. The van der Waals surface area contributed by atoms with E-state index in [0.717, 1.165) is 26.6 Å². The molecule has 0 unspecified atom stereocenters. The molecule has 0 spiro atoms. The Balaban J connectivity index is 1.86. The first-order valence-corrected chi connectivity index (χ1v) is 17.0. The van der Waals surface area contributed by atoms with Crippen LogP contribution in [-0.4, -0.2) is 43.3 Å². The number of anilines is 1. The van der Waals surface area contributed by atoms with Crippen LogP contribution in [0.5, 0.6) is 0 Å². The third-order valence-electron chi connectivity index (χ3n) is 7.70. The third-order valence-corrected chi connectivity index (χ3v) is 9.71. The molecule has 0 saturated carbocycles. The van der Waals surface area contributed by atoms with Gasteiger partial charge in [0.25, 0.3) is 10.0 Å². The maximum atomic E-state index is 14.7. The quantitative estimate of drug-likeness (QED) is 0.188. The molecule has 0 radical (unpaired) electrons. The van der Waals surface area contributed by atoms with E-state index in [1.807, 2.05) is 89.2 Å². The smallest absolute Gasteiger partial charge is 0.264 e. The molecule has 46 heavy (non-hydrogen) atoms. The average molecular weight is 660 g/mol. The van der Waals surface area contributed by atoms with Gasteiger partial charge in [0.15, 0.2) is 0 Å². The van der Waals surface area contributed by atoms with E-state index in [4.69, 9.17) is 11.6 Å². The molecule has 1 N–H and O–H groups in total. The number of nitrogens with one attached hydrogen (secondary N) is 1.